The van der Waals surface area contributed by atoms with E-state index in [1.807, 2.05) is 42.5 Å². The van der Waals surface area contributed by atoms with Crippen molar-refractivity contribution in [2.75, 3.05) is 25.1 Å². The van der Waals surface area contributed by atoms with Gasteiger partial charge in [0, 0.05) is 32.1 Å². The Morgan fingerprint density at radius 1 is 1.04 bits per heavy atom. The molecule has 0 aliphatic heterocycles. The van der Waals surface area contributed by atoms with Crippen molar-refractivity contribution < 1.29 is 14.3 Å². The lowest BCUT2D eigenvalue weighted by Crippen LogP contribution is -2.34. The molecule has 0 aromatic heterocycles. The third kappa shape index (κ3) is 5.95. The van der Waals surface area contributed by atoms with Gasteiger partial charge in [-0.15, -0.1) is 0 Å². The van der Waals surface area contributed by atoms with Crippen molar-refractivity contribution >= 4 is 17.5 Å². The smallest absolute Gasteiger partial charge is 0.223 e. The van der Waals surface area contributed by atoms with Crippen LogP contribution >= 0.6 is 0 Å². The SMILES string of the molecule is COc1ccc(N(CCC(=O)NCCc2ccccc2)C(C)=O)cc1. The molecular formula is C20H24N2O3. The van der Waals surface area contributed by atoms with Gasteiger partial charge in [0.25, 0.3) is 0 Å². The van der Waals surface area contributed by atoms with Crippen molar-refractivity contribution in [3.05, 3.63) is 60.2 Å². The van der Waals surface area contributed by atoms with Gasteiger partial charge < -0.3 is 15.0 Å². The molecule has 0 heterocycles. The minimum absolute atomic E-state index is 0.0595. The van der Waals surface area contributed by atoms with Gasteiger partial charge in [-0.1, -0.05) is 30.3 Å². The first-order chi connectivity index (χ1) is 12.1. The Balaban J connectivity index is 1.81. The molecule has 0 unspecified atom stereocenters. The summed E-state index contributed by atoms with van der Waals surface area (Å²) < 4.78 is 5.12. The van der Waals surface area contributed by atoms with E-state index in [9.17, 15) is 9.59 Å². The molecule has 0 saturated heterocycles. The predicted molar refractivity (Wildman–Crippen MR) is 98.8 cm³/mol. The third-order valence-electron chi connectivity index (χ3n) is 3.91. The second-order valence-corrected chi connectivity index (χ2v) is 5.70. The van der Waals surface area contributed by atoms with Crippen molar-refractivity contribution in [1.82, 2.24) is 5.32 Å². The van der Waals surface area contributed by atoms with Gasteiger partial charge in [-0.3, -0.25) is 9.59 Å². The summed E-state index contributed by atoms with van der Waals surface area (Å²) in [5, 5.41) is 2.90. The molecule has 0 bridgehead atoms. The lowest BCUT2D eigenvalue weighted by Gasteiger charge is -2.21. The van der Waals surface area contributed by atoms with Gasteiger partial charge in [0.1, 0.15) is 5.75 Å². The Morgan fingerprint density at radius 3 is 2.32 bits per heavy atom. The summed E-state index contributed by atoms with van der Waals surface area (Å²) in [7, 11) is 1.59. The highest BCUT2D eigenvalue weighted by molar-refractivity contribution is 5.92. The van der Waals surface area contributed by atoms with E-state index >= 15 is 0 Å². The van der Waals surface area contributed by atoms with E-state index < -0.39 is 0 Å². The molecule has 2 aromatic rings. The molecule has 0 aliphatic rings. The van der Waals surface area contributed by atoms with Crippen LogP contribution in [0, 0.1) is 0 Å². The van der Waals surface area contributed by atoms with Crippen molar-refractivity contribution in [1.29, 1.82) is 0 Å². The number of amides is 2. The van der Waals surface area contributed by atoms with E-state index in [0.717, 1.165) is 17.9 Å². The van der Waals surface area contributed by atoms with Crippen LogP contribution in [-0.4, -0.2) is 32.0 Å². The maximum atomic E-state index is 12.0. The molecule has 0 aliphatic carbocycles. The fraction of sp³-hybridized carbons (Fsp3) is 0.300. The van der Waals surface area contributed by atoms with Crippen molar-refractivity contribution in [2.24, 2.45) is 0 Å². The summed E-state index contributed by atoms with van der Waals surface area (Å²) in [6.07, 6.45) is 1.06. The van der Waals surface area contributed by atoms with Gasteiger partial charge in [0.05, 0.1) is 7.11 Å². The van der Waals surface area contributed by atoms with E-state index in [1.54, 1.807) is 24.1 Å². The fourth-order valence-corrected chi connectivity index (χ4v) is 2.52. The van der Waals surface area contributed by atoms with Crippen molar-refractivity contribution in [3.63, 3.8) is 0 Å². The Kier molecular flexibility index (Phi) is 7.01. The molecule has 1 N–H and O–H groups in total. The van der Waals surface area contributed by atoms with Crippen LogP contribution in [0.4, 0.5) is 5.69 Å². The van der Waals surface area contributed by atoms with Crippen LogP contribution in [0.1, 0.15) is 18.9 Å². The normalized spacial score (nSPS) is 10.2. The first-order valence-electron chi connectivity index (χ1n) is 8.33. The number of hydrogen-bond acceptors (Lipinski definition) is 3. The molecule has 5 nitrogen and oxygen atoms in total. The number of nitrogens with zero attached hydrogens (tertiary/aromatic N) is 1. The van der Waals surface area contributed by atoms with Gasteiger partial charge in [-0.05, 0) is 36.2 Å². The minimum Gasteiger partial charge on any atom is -0.497 e. The van der Waals surface area contributed by atoms with Crippen LogP contribution in [0.2, 0.25) is 0 Å². The topological polar surface area (TPSA) is 58.6 Å². The van der Waals surface area contributed by atoms with Crippen LogP contribution in [0.5, 0.6) is 5.75 Å². The summed E-state index contributed by atoms with van der Waals surface area (Å²) in [5.41, 5.74) is 1.94. The molecule has 2 amide bonds. The zero-order valence-electron chi connectivity index (χ0n) is 14.7. The van der Waals surface area contributed by atoms with E-state index in [4.69, 9.17) is 4.74 Å². The molecule has 2 aromatic carbocycles. The summed E-state index contributed by atoms with van der Waals surface area (Å²) in [5.74, 6) is 0.573. The second kappa shape index (κ2) is 9.47. The van der Waals surface area contributed by atoms with Crippen LogP contribution in [0.25, 0.3) is 0 Å². The number of rotatable bonds is 8. The third-order valence-corrected chi connectivity index (χ3v) is 3.91. The predicted octanol–water partition coefficient (Wildman–Crippen LogP) is 2.80. The van der Waals surface area contributed by atoms with E-state index in [2.05, 4.69) is 5.32 Å². The summed E-state index contributed by atoms with van der Waals surface area (Å²) in [6.45, 7) is 2.43. The lowest BCUT2D eigenvalue weighted by atomic mass is 10.1. The minimum atomic E-state index is -0.0951. The molecule has 0 fully saturated rings. The molecule has 25 heavy (non-hydrogen) atoms. The summed E-state index contributed by atoms with van der Waals surface area (Å²) >= 11 is 0. The van der Waals surface area contributed by atoms with Gasteiger partial charge in [0.15, 0.2) is 0 Å². The first-order valence-corrected chi connectivity index (χ1v) is 8.33. The van der Waals surface area contributed by atoms with Gasteiger partial charge in [0.2, 0.25) is 11.8 Å². The highest BCUT2D eigenvalue weighted by atomic mass is 16.5. The Bertz CT molecular complexity index is 684. The number of carbonyl (C=O) groups excluding carboxylic acids is 2. The highest BCUT2D eigenvalue weighted by Crippen LogP contribution is 2.19. The molecule has 0 atom stereocenters. The molecule has 0 spiro atoms. The largest absolute Gasteiger partial charge is 0.497 e. The molecule has 5 heteroatoms. The quantitative estimate of drug-likeness (QED) is 0.804. The van der Waals surface area contributed by atoms with Crippen LogP contribution in [0.15, 0.2) is 54.6 Å². The Hall–Kier alpha value is -2.82. The molecular weight excluding hydrogens is 316 g/mol. The number of carbonyl (C=O) groups is 2. The molecule has 132 valence electrons. The maximum absolute atomic E-state index is 12.0. The van der Waals surface area contributed by atoms with Crippen LogP contribution < -0.4 is 15.0 Å². The number of anilines is 1. The number of methoxy groups -OCH3 is 1. The standard InChI is InChI=1S/C20H24N2O3/c1-16(23)22(18-8-10-19(25-2)11-9-18)15-13-20(24)21-14-12-17-6-4-3-5-7-17/h3-11H,12-15H2,1-2H3,(H,21,24). The van der Waals surface area contributed by atoms with Gasteiger partial charge >= 0.3 is 0 Å². The Morgan fingerprint density at radius 2 is 1.72 bits per heavy atom. The molecule has 0 radical (unpaired) electrons. The maximum Gasteiger partial charge on any atom is 0.223 e. The van der Waals surface area contributed by atoms with Crippen molar-refractivity contribution in [2.45, 2.75) is 19.8 Å². The average molecular weight is 340 g/mol. The first kappa shape index (κ1) is 18.5. The van der Waals surface area contributed by atoms with E-state index in [0.29, 0.717) is 13.1 Å². The zero-order valence-corrected chi connectivity index (χ0v) is 14.7. The van der Waals surface area contributed by atoms with Crippen LogP contribution in [-0.2, 0) is 16.0 Å². The summed E-state index contributed by atoms with van der Waals surface area (Å²) in [4.78, 5) is 25.5. The van der Waals surface area contributed by atoms with Crippen LogP contribution in [0.3, 0.4) is 0 Å². The lowest BCUT2D eigenvalue weighted by molar-refractivity contribution is -0.121. The van der Waals surface area contributed by atoms with Gasteiger partial charge in [-0.2, -0.15) is 0 Å². The monoisotopic (exact) mass is 340 g/mol. The van der Waals surface area contributed by atoms with Gasteiger partial charge in [-0.25, -0.2) is 0 Å². The number of hydrogen-bond donors (Lipinski definition) is 1. The second-order valence-electron chi connectivity index (χ2n) is 5.70. The number of ether oxygens (including phenoxy) is 1. The Labute approximate surface area is 148 Å². The van der Waals surface area contributed by atoms with E-state index in [1.165, 1.54) is 12.5 Å². The number of nitrogens with one attached hydrogen (secondary N) is 1. The average Bonchev–Trinajstić information content (AvgIpc) is 2.63. The fourth-order valence-electron chi connectivity index (χ4n) is 2.52. The highest BCUT2D eigenvalue weighted by Gasteiger charge is 2.13. The molecule has 2 rings (SSSR count). The molecule has 0 saturated carbocycles. The van der Waals surface area contributed by atoms with Crippen molar-refractivity contribution in [3.8, 4) is 5.75 Å². The van der Waals surface area contributed by atoms with E-state index in [-0.39, 0.29) is 18.2 Å². The summed E-state index contributed by atoms with van der Waals surface area (Å²) in [6, 6.07) is 17.2. The zero-order chi connectivity index (χ0) is 18.1. The number of benzene rings is 2.